The van der Waals surface area contributed by atoms with Gasteiger partial charge in [-0.15, -0.1) is 53.6 Å². The van der Waals surface area contributed by atoms with E-state index in [9.17, 15) is 0 Å². The summed E-state index contributed by atoms with van der Waals surface area (Å²) in [6.45, 7) is 4.25. The number of hydrogen-bond donors (Lipinski definition) is 0. The van der Waals surface area contributed by atoms with Crippen molar-refractivity contribution in [3.05, 3.63) is 187 Å². The van der Waals surface area contributed by atoms with E-state index in [0.717, 1.165) is 84.3 Å². The summed E-state index contributed by atoms with van der Waals surface area (Å²) in [5.41, 5.74) is 13.8. The summed E-state index contributed by atoms with van der Waals surface area (Å²) in [7, 11) is 2.00. The fourth-order valence-electron chi connectivity index (χ4n) is 7.37. The van der Waals surface area contributed by atoms with Gasteiger partial charge in [0.2, 0.25) is 0 Å². The molecule has 0 spiro atoms. The van der Waals surface area contributed by atoms with Gasteiger partial charge in [0.25, 0.3) is 0 Å². The zero-order valence-electron chi connectivity index (χ0n) is 30.6. The molecule has 6 heteroatoms. The number of imidazole rings is 1. The number of nitrogens with zero attached hydrogens (tertiary/aromatic N) is 4. The van der Waals surface area contributed by atoms with Gasteiger partial charge in [0, 0.05) is 42.2 Å². The maximum Gasteiger partial charge on any atom is 2.00 e. The van der Waals surface area contributed by atoms with Crippen molar-refractivity contribution in [1.82, 2.24) is 14.5 Å². The number of anilines is 3. The number of aromatic nitrogens is 3. The smallest absolute Gasteiger partial charge is 0.457 e. The number of furan rings is 1. The Labute approximate surface area is 335 Å². The molecule has 0 aliphatic carbocycles. The molecule has 0 unspecified atom stereocenters. The zero-order valence-corrected chi connectivity index (χ0v) is 32.9. The van der Waals surface area contributed by atoms with Crippen LogP contribution < -0.4 is 4.90 Å². The van der Waals surface area contributed by atoms with Gasteiger partial charge in [-0.3, -0.25) is 4.98 Å². The molecule has 3 aromatic heterocycles. The third-order valence-corrected chi connectivity index (χ3v) is 9.94. The topological polar surface area (TPSA) is 47.1 Å². The zero-order chi connectivity index (χ0) is 36.6. The van der Waals surface area contributed by atoms with Gasteiger partial charge < -0.3 is 18.9 Å². The van der Waals surface area contributed by atoms with E-state index < -0.39 is 0 Å². The quantitative estimate of drug-likeness (QED) is 0.143. The third-order valence-electron chi connectivity index (χ3n) is 9.94. The van der Waals surface area contributed by atoms with Gasteiger partial charge in [0.1, 0.15) is 11.3 Å². The Morgan fingerprint density at radius 3 is 2.04 bits per heavy atom. The summed E-state index contributed by atoms with van der Waals surface area (Å²) < 4.78 is 8.57. The molecule has 0 aliphatic heterocycles. The minimum Gasteiger partial charge on any atom is -0.457 e. The summed E-state index contributed by atoms with van der Waals surface area (Å²) in [5, 5.41) is 0.933. The number of aryl methyl sites for hydroxylation is 3. The number of rotatable bonds is 8. The van der Waals surface area contributed by atoms with Crippen LogP contribution in [0.3, 0.4) is 0 Å². The third kappa shape index (κ3) is 6.84. The minimum atomic E-state index is 0. The summed E-state index contributed by atoms with van der Waals surface area (Å²) in [5.74, 6) is 1.67. The Bertz CT molecular complexity index is 2750. The van der Waals surface area contributed by atoms with Gasteiger partial charge in [-0.2, -0.15) is 0 Å². The maximum atomic E-state index is 6.55. The van der Waals surface area contributed by atoms with E-state index >= 15 is 0 Å². The molecule has 0 fully saturated rings. The molecule has 0 radical (unpaired) electrons. The molecule has 0 amide bonds. The Kier molecular flexibility index (Phi) is 9.88. The Balaban J connectivity index is 0.00000427. The van der Waals surface area contributed by atoms with E-state index in [-0.39, 0.29) is 21.1 Å². The molecule has 6 aromatic carbocycles. The normalized spacial score (nSPS) is 11.0. The van der Waals surface area contributed by atoms with E-state index in [0.29, 0.717) is 0 Å². The molecule has 9 aromatic rings. The van der Waals surface area contributed by atoms with Gasteiger partial charge in [-0.05, 0) is 71.4 Å². The van der Waals surface area contributed by atoms with E-state index in [4.69, 9.17) is 9.40 Å². The molecule has 0 saturated carbocycles. The number of pyridine rings is 1. The van der Waals surface area contributed by atoms with Gasteiger partial charge in [0.15, 0.2) is 0 Å². The molecule has 5 nitrogen and oxygen atoms in total. The van der Waals surface area contributed by atoms with Crippen molar-refractivity contribution in [3.63, 3.8) is 0 Å². The molecule has 0 N–H and O–H groups in total. The molecule has 0 atom stereocenters. The molecular formula is C49H36N4OPt. The number of benzene rings is 6. The molecular weight excluding hydrogens is 856 g/mol. The summed E-state index contributed by atoms with van der Waals surface area (Å²) in [6.07, 6.45) is 5.60. The predicted molar refractivity (Wildman–Crippen MR) is 220 cm³/mol. The number of fused-ring (bicyclic) bond motifs is 1. The van der Waals surface area contributed by atoms with Crippen molar-refractivity contribution in [2.45, 2.75) is 13.8 Å². The van der Waals surface area contributed by atoms with Gasteiger partial charge in [-0.25, -0.2) is 0 Å². The minimum absolute atomic E-state index is 0. The summed E-state index contributed by atoms with van der Waals surface area (Å²) in [6, 6.07) is 58.1. The van der Waals surface area contributed by atoms with Crippen LogP contribution in [0.5, 0.6) is 0 Å². The Morgan fingerprint density at radius 2 is 1.29 bits per heavy atom. The average Bonchev–Trinajstić information content (AvgIpc) is 3.85. The van der Waals surface area contributed by atoms with Crippen molar-refractivity contribution >= 4 is 28.0 Å². The van der Waals surface area contributed by atoms with Crippen LogP contribution in [0.15, 0.2) is 169 Å². The van der Waals surface area contributed by atoms with Crippen LogP contribution in [0, 0.1) is 26.0 Å². The van der Waals surface area contributed by atoms with Crippen LogP contribution in [0.4, 0.5) is 17.1 Å². The van der Waals surface area contributed by atoms with Crippen LogP contribution in [0.2, 0.25) is 0 Å². The standard InChI is InChI=1S/C49H36N4O.Pt/c1-33-14-12-15-34(2)47(33)46-32-43-45(54-46)24-25-50-48(43)39-28-38(35-16-6-4-7-17-35)30-41(31-39)53(40-21-13-20-37(29-40)49-51-26-27-52(49)3)44-23-11-10-22-42(44)36-18-8-5-9-19-36;/h4-28,30,32H,1-3H3;/q-2;+2. The molecule has 0 saturated heterocycles. The van der Waals surface area contributed by atoms with Crippen LogP contribution >= 0.6 is 0 Å². The van der Waals surface area contributed by atoms with E-state index in [2.05, 4.69) is 163 Å². The molecule has 0 bridgehead atoms. The summed E-state index contributed by atoms with van der Waals surface area (Å²) >= 11 is 0. The largest absolute Gasteiger partial charge is 2.00 e. The molecule has 9 rings (SSSR count). The predicted octanol–water partition coefficient (Wildman–Crippen LogP) is 12.6. The molecule has 3 heterocycles. The van der Waals surface area contributed by atoms with E-state index in [1.165, 1.54) is 11.1 Å². The van der Waals surface area contributed by atoms with E-state index in [1.54, 1.807) is 0 Å². The fourth-order valence-corrected chi connectivity index (χ4v) is 7.37. The van der Waals surface area contributed by atoms with Crippen LogP contribution in [-0.4, -0.2) is 14.5 Å². The molecule has 55 heavy (non-hydrogen) atoms. The van der Waals surface area contributed by atoms with Crippen LogP contribution in [-0.2, 0) is 28.1 Å². The maximum absolute atomic E-state index is 6.55. The van der Waals surface area contributed by atoms with E-state index in [1.807, 2.05) is 48.4 Å². The fraction of sp³-hybridized carbons (Fsp3) is 0.0612. The monoisotopic (exact) mass is 891 g/mol. The molecule has 268 valence electrons. The summed E-state index contributed by atoms with van der Waals surface area (Å²) in [4.78, 5) is 11.9. The van der Waals surface area contributed by atoms with Gasteiger partial charge in [0.05, 0.1) is 11.5 Å². The van der Waals surface area contributed by atoms with Crippen molar-refractivity contribution in [2.75, 3.05) is 4.90 Å². The number of hydrogen-bond acceptors (Lipinski definition) is 4. The van der Waals surface area contributed by atoms with Crippen molar-refractivity contribution in [1.29, 1.82) is 0 Å². The number of para-hydroxylation sites is 1. The van der Waals surface area contributed by atoms with Crippen LogP contribution in [0.25, 0.3) is 67.2 Å². The average molecular weight is 892 g/mol. The Morgan fingerprint density at radius 1 is 0.600 bits per heavy atom. The van der Waals surface area contributed by atoms with Crippen molar-refractivity contribution in [3.8, 4) is 56.2 Å². The van der Waals surface area contributed by atoms with Gasteiger partial charge >= 0.3 is 21.1 Å². The SMILES string of the molecule is Cc1cccc(C)c1-c1cc2c(-c3[c-]c(N(c4[c-]c(-c5nccn5C)ccc4)c4ccccc4-c4ccccc4)cc(-c4ccccc4)c3)nccc2o1.[Pt+2]. The first kappa shape index (κ1) is 35.7. The second-order valence-electron chi connectivity index (χ2n) is 13.5. The first-order chi connectivity index (χ1) is 26.5. The van der Waals surface area contributed by atoms with Crippen molar-refractivity contribution in [2.24, 2.45) is 7.05 Å². The first-order valence-corrected chi connectivity index (χ1v) is 18.0. The first-order valence-electron chi connectivity index (χ1n) is 18.0. The van der Waals surface area contributed by atoms with Gasteiger partial charge in [-0.1, -0.05) is 103 Å². The van der Waals surface area contributed by atoms with Crippen LogP contribution in [0.1, 0.15) is 11.1 Å². The second kappa shape index (κ2) is 15.2. The second-order valence-corrected chi connectivity index (χ2v) is 13.5. The van der Waals surface area contributed by atoms with Crippen molar-refractivity contribution < 1.29 is 25.5 Å². The molecule has 0 aliphatic rings. The Hall–Kier alpha value is -6.29.